The molecule has 0 spiro atoms. The molecule has 1 aromatic rings. The van der Waals surface area contributed by atoms with Gasteiger partial charge in [-0.25, -0.2) is 13.2 Å². The van der Waals surface area contributed by atoms with Gasteiger partial charge < -0.3 is 9.64 Å². The number of amides is 1. The van der Waals surface area contributed by atoms with E-state index in [-0.39, 0.29) is 22.1 Å². The molecule has 142 valence electrons. The number of ether oxygens (including phenoxy) is 1. The van der Waals surface area contributed by atoms with Gasteiger partial charge in [0.15, 0.2) is 15.9 Å². The fourth-order valence-electron chi connectivity index (χ4n) is 2.65. The van der Waals surface area contributed by atoms with Gasteiger partial charge in [0.1, 0.15) is 5.56 Å². The van der Waals surface area contributed by atoms with Gasteiger partial charge in [0.2, 0.25) is 0 Å². The van der Waals surface area contributed by atoms with Crippen molar-refractivity contribution < 1.29 is 27.7 Å². The Morgan fingerprint density at radius 1 is 1.42 bits per heavy atom. The Labute approximate surface area is 154 Å². The number of carbonyl (C=O) groups excluding carboxylic acids is 2. The van der Waals surface area contributed by atoms with Gasteiger partial charge in [0.25, 0.3) is 11.6 Å². The zero-order chi connectivity index (χ0) is 19.6. The lowest BCUT2D eigenvalue weighted by atomic mass is 10.2. The average molecular weight is 405 g/mol. The van der Waals surface area contributed by atoms with Crippen LogP contribution in [0.3, 0.4) is 0 Å². The molecule has 11 heteroatoms. The van der Waals surface area contributed by atoms with Gasteiger partial charge in [-0.2, -0.15) is 0 Å². The molecule has 0 aromatic heterocycles. The maximum atomic E-state index is 12.4. The highest BCUT2D eigenvalue weighted by Crippen LogP contribution is 2.24. The minimum Gasteiger partial charge on any atom is -0.449 e. The number of sulfone groups is 1. The summed E-state index contributed by atoms with van der Waals surface area (Å²) in [5, 5.41) is 11.1. The molecular formula is C15H17ClN2O7S. The summed E-state index contributed by atoms with van der Waals surface area (Å²) >= 11 is 5.77. The Morgan fingerprint density at radius 2 is 2.08 bits per heavy atom. The SMILES string of the molecule is CC(OC(=O)c1cc(Cl)ccc1[N+](=O)[O-])C(=O)N(C)C1CCS(=O)(=O)C1. The number of nitrogens with zero attached hydrogens (tertiary/aromatic N) is 2. The van der Waals surface area contributed by atoms with E-state index in [0.717, 1.165) is 12.1 Å². The zero-order valence-corrected chi connectivity index (χ0v) is 15.6. The van der Waals surface area contributed by atoms with Crippen LogP contribution in [-0.2, 0) is 19.4 Å². The number of likely N-dealkylation sites (N-methyl/N-ethyl adjacent to an activating group) is 1. The van der Waals surface area contributed by atoms with Crippen LogP contribution in [0.4, 0.5) is 5.69 Å². The second-order valence-corrected chi connectivity index (χ2v) is 8.64. The van der Waals surface area contributed by atoms with Crippen molar-refractivity contribution in [2.75, 3.05) is 18.6 Å². The molecule has 1 fully saturated rings. The number of halogens is 1. The van der Waals surface area contributed by atoms with Crippen molar-refractivity contribution in [2.24, 2.45) is 0 Å². The Hall–Kier alpha value is -2.20. The minimum atomic E-state index is -3.18. The molecule has 1 heterocycles. The summed E-state index contributed by atoms with van der Waals surface area (Å²) in [5.74, 6) is -1.80. The van der Waals surface area contributed by atoms with Crippen LogP contribution in [0.5, 0.6) is 0 Å². The molecule has 1 saturated heterocycles. The van der Waals surface area contributed by atoms with Gasteiger partial charge in [-0.05, 0) is 25.5 Å². The second kappa shape index (κ2) is 7.58. The van der Waals surface area contributed by atoms with E-state index in [2.05, 4.69) is 0 Å². The number of esters is 1. The number of carbonyl (C=O) groups is 2. The molecule has 2 rings (SSSR count). The van der Waals surface area contributed by atoms with Crippen LogP contribution in [0.15, 0.2) is 18.2 Å². The van der Waals surface area contributed by atoms with E-state index in [4.69, 9.17) is 16.3 Å². The normalized spacial score (nSPS) is 19.6. The summed E-state index contributed by atoms with van der Waals surface area (Å²) in [6.07, 6.45) is -0.931. The quantitative estimate of drug-likeness (QED) is 0.413. The first-order valence-electron chi connectivity index (χ1n) is 7.64. The zero-order valence-electron chi connectivity index (χ0n) is 14.0. The van der Waals surface area contributed by atoms with Crippen molar-refractivity contribution in [2.45, 2.75) is 25.5 Å². The van der Waals surface area contributed by atoms with Crippen LogP contribution in [0.1, 0.15) is 23.7 Å². The number of hydrogen-bond donors (Lipinski definition) is 0. The number of hydrogen-bond acceptors (Lipinski definition) is 7. The van der Waals surface area contributed by atoms with Gasteiger partial charge in [0, 0.05) is 24.2 Å². The molecule has 1 amide bonds. The highest BCUT2D eigenvalue weighted by molar-refractivity contribution is 7.91. The summed E-state index contributed by atoms with van der Waals surface area (Å²) in [4.78, 5) is 36.1. The summed E-state index contributed by atoms with van der Waals surface area (Å²) in [6, 6.07) is 2.93. The molecule has 26 heavy (non-hydrogen) atoms. The highest BCUT2D eigenvalue weighted by atomic mass is 35.5. The number of benzene rings is 1. The molecule has 1 aromatic carbocycles. The minimum absolute atomic E-state index is 0.00182. The molecule has 2 atom stereocenters. The fraction of sp³-hybridized carbons (Fsp3) is 0.467. The Bertz CT molecular complexity index is 856. The van der Waals surface area contributed by atoms with Crippen molar-refractivity contribution in [1.29, 1.82) is 0 Å². The Balaban J connectivity index is 2.11. The van der Waals surface area contributed by atoms with E-state index in [1.165, 1.54) is 24.9 Å². The first kappa shape index (κ1) is 20.1. The third kappa shape index (κ3) is 4.50. The molecule has 1 aliphatic heterocycles. The number of nitro groups is 1. The summed E-state index contributed by atoms with van der Waals surface area (Å²) < 4.78 is 28.1. The summed E-state index contributed by atoms with van der Waals surface area (Å²) in [5.41, 5.74) is -0.859. The maximum absolute atomic E-state index is 12.4. The van der Waals surface area contributed by atoms with Crippen molar-refractivity contribution in [3.8, 4) is 0 Å². The molecule has 9 nitrogen and oxygen atoms in total. The maximum Gasteiger partial charge on any atom is 0.345 e. The Morgan fingerprint density at radius 3 is 2.62 bits per heavy atom. The van der Waals surface area contributed by atoms with Gasteiger partial charge in [-0.1, -0.05) is 11.6 Å². The lowest BCUT2D eigenvalue weighted by Crippen LogP contribution is -2.44. The highest BCUT2D eigenvalue weighted by Gasteiger charge is 2.35. The molecular weight excluding hydrogens is 388 g/mol. The van der Waals surface area contributed by atoms with E-state index in [1.54, 1.807) is 0 Å². The molecule has 0 saturated carbocycles. The van der Waals surface area contributed by atoms with Crippen molar-refractivity contribution in [3.05, 3.63) is 38.9 Å². The van der Waals surface area contributed by atoms with E-state index >= 15 is 0 Å². The predicted octanol–water partition coefficient (Wildman–Crippen LogP) is 1.44. The van der Waals surface area contributed by atoms with E-state index in [0.29, 0.717) is 6.42 Å². The van der Waals surface area contributed by atoms with Crippen molar-refractivity contribution in [1.82, 2.24) is 4.90 Å². The van der Waals surface area contributed by atoms with Crippen LogP contribution < -0.4 is 0 Å². The summed E-state index contributed by atoms with van der Waals surface area (Å²) in [6.45, 7) is 1.32. The van der Waals surface area contributed by atoms with E-state index in [1.807, 2.05) is 0 Å². The smallest absolute Gasteiger partial charge is 0.345 e. The van der Waals surface area contributed by atoms with Crippen molar-refractivity contribution in [3.63, 3.8) is 0 Å². The molecule has 0 aliphatic carbocycles. The third-order valence-electron chi connectivity index (χ3n) is 4.11. The van der Waals surface area contributed by atoms with Gasteiger partial charge in [-0.15, -0.1) is 0 Å². The standard InChI is InChI=1S/C15H17ClN2O7S/c1-9(14(19)17(2)11-5-6-26(23,24)8-11)25-15(20)12-7-10(16)3-4-13(12)18(21)22/h3-4,7,9,11H,5-6,8H2,1-2H3. The van der Waals surface area contributed by atoms with Gasteiger partial charge >= 0.3 is 5.97 Å². The van der Waals surface area contributed by atoms with Crippen molar-refractivity contribution >= 4 is 39.0 Å². The van der Waals surface area contributed by atoms with Crippen LogP contribution in [0.25, 0.3) is 0 Å². The number of rotatable bonds is 5. The topological polar surface area (TPSA) is 124 Å². The second-order valence-electron chi connectivity index (χ2n) is 5.97. The Kier molecular flexibility index (Phi) is 5.87. The van der Waals surface area contributed by atoms with Crippen LogP contribution in [-0.4, -0.2) is 60.8 Å². The molecule has 2 unspecified atom stereocenters. The third-order valence-corrected chi connectivity index (χ3v) is 6.10. The first-order chi connectivity index (χ1) is 12.0. The van der Waals surface area contributed by atoms with Crippen LogP contribution in [0.2, 0.25) is 5.02 Å². The predicted molar refractivity (Wildman–Crippen MR) is 92.8 cm³/mol. The summed E-state index contributed by atoms with van der Waals surface area (Å²) in [7, 11) is -1.75. The van der Waals surface area contributed by atoms with E-state index in [9.17, 15) is 28.1 Å². The molecule has 1 aliphatic rings. The monoisotopic (exact) mass is 404 g/mol. The van der Waals surface area contributed by atoms with Crippen LogP contribution >= 0.6 is 11.6 Å². The molecule has 0 radical (unpaired) electrons. The van der Waals surface area contributed by atoms with Crippen LogP contribution in [0, 0.1) is 10.1 Å². The average Bonchev–Trinajstić information content (AvgIpc) is 2.92. The number of nitro benzene ring substituents is 1. The largest absolute Gasteiger partial charge is 0.449 e. The molecule has 0 bridgehead atoms. The van der Waals surface area contributed by atoms with E-state index < -0.39 is 44.5 Å². The lowest BCUT2D eigenvalue weighted by Gasteiger charge is -2.26. The molecule has 0 N–H and O–H groups in total. The lowest BCUT2D eigenvalue weighted by molar-refractivity contribution is -0.385. The first-order valence-corrected chi connectivity index (χ1v) is 9.84. The van der Waals surface area contributed by atoms with Gasteiger partial charge in [-0.3, -0.25) is 14.9 Å². The van der Waals surface area contributed by atoms with Gasteiger partial charge in [0.05, 0.1) is 16.4 Å². The fourth-order valence-corrected chi connectivity index (χ4v) is 4.60.